The van der Waals surface area contributed by atoms with Gasteiger partial charge >= 0.3 is 0 Å². The van der Waals surface area contributed by atoms with Crippen LogP contribution < -0.4 is 9.64 Å². The molecule has 5 rings (SSSR count). The fourth-order valence-electron chi connectivity index (χ4n) is 3.90. The monoisotopic (exact) mass is 312 g/mol. The zero-order valence-electron chi connectivity index (χ0n) is 12.8. The maximum absolute atomic E-state index is 12.8. The molecule has 3 amide bonds. The summed E-state index contributed by atoms with van der Waals surface area (Å²) in [5, 5.41) is 0. The average Bonchev–Trinajstić information content (AvgIpc) is 2.84. The van der Waals surface area contributed by atoms with Crippen molar-refractivity contribution in [2.24, 2.45) is 17.8 Å². The summed E-state index contributed by atoms with van der Waals surface area (Å²) in [4.78, 5) is 40.7. The second-order valence-corrected chi connectivity index (χ2v) is 6.11. The van der Waals surface area contributed by atoms with Crippen molar-refractivity contribution in [1.29, 1.82) is 0 Å². The average molecular weight is 312 g/mol. The number of methoxy groups -OCH3 is 1. The molecule has 118 valence electrons. The quantitative estimate of drug-likeness (QED) is 0.599. The van der Waals surface area contributed by atoms with Crippen molar-refractivity contribution < 1.29 is 19.1 Å². The molecule has 0 N–H and O–H groups in total. The van der Waals surface area contributed by atoms with Gasteiger partial charge < -0.3 is 9.64 Å². The van der Waals surface area contributed by atoms with Gasteiger partial charge in [-0.15, -0.1) is 0 Å². The first-order valence-corrected chi connectivity index (χ1v) is 7.51. The van der Waals surface area contributed by atoms with E-state index in [1.807, 2.05) is 6.08 Å². The first kappa shape index (κ1) is 14.0. The Kier molecular flexibility index (Phi) is 2.85. The Hall–Kier alpha value is -2.63. The Morgan fingerprint density at radius 2 is 1.57 bits per heavy atom. The van der Waals surface area contributed by atoms with Crippen LogP contribution in [0.25, 0.3) is 0 Å². The van der Waals surface area contributed by atoms with Crippen molar-refractivity contribution in [2.45, 2.75) is 6.04 Å². The van der Waals surface area contributed by atoms with Crippen molar-refractivity contribution in [3.63, 3.8) is 0 Å². The molecule has 0 radical (unpaired) electrons. The van der Waals surface area contributed by atoms with E-state index >= 15 is 0 Å². The second-order valence-electron chi connectivity index (χ2n) is 6.11. The molecule has 4 atom stereocenters. The maximum atomic E-state index is 12.8. The maximum Gasteiger partial charge on any atom is 0.240 e. The first-order chi connectivity index (χ1) is 11.0. The van der Waals surface area contributed by atoms with Gasteiger partial charge in [-0.05, 0) is 24.3 Å². The summed E-state index contributed by atoms with van der Waals surface area (Å²) in [5.74, 6) is -1.55. The molecule has 0 saturated carbocycles. The largest absolute Gasteiger partial charge is 0.497 e. The number of rotatable bonds is 2. The molecule has 23 heavy (non-hydrogen) atoms. The van der Waals surface area contributed by atoms with Crippen molar-refractivity contribution in [2.75, 3.05) is 19.1 Å². The first-order valence-electron chi connectivity index (χ1n) is 7.51. The molecule has 2 saturated heterocycles. The number of imide groups is 1. The Balaban J connectivity index is 1.74. The van der Waals surface area contributed by atoms with Crippen molar-refractivity contribution in [1.82, 2.24) is 4.90 Å². The number of piperidine rings is 1. The molecular formula is C17H16N2O4. The van der Waals surface area contributed by atoms with Gasteiger partial charge in [-0.2, -0.15) is 0 Å². The van der Waals surface area contributed by atoms with Gasteiger partial charge in [-0.1, -0.05) is 12.2 Å². The summed E-state index contributed by atoms with van der Waals surface area (Å²) in [5.41, 5.74) is 0.518. The third-order valence-electron chi connectivity index (χ3n) is 5.08. The van der Waals surface area contributed by atoms with E-state index in [1.165, 1.54) is 4.90 Å². The molecule has 1 aromatic carbocycles. The molecule has 2 fully saturated rings. The molecular weight excluding hydrogens is 296 g/mol. The molecule has 0 spiro atoms. The van der Waals surface area contributed by atoms with E-state index in [0.717, 1.165) is 0 Å². The van der Waals surface area contributed by atoms with Crippen LogP contribution in [-0.4, -0.2) is 42.8 Å². The lowest BCUT2D eigenvalue weighted by molar-refractivity contribution is -0.148. The van der Waals surface area contributed by atoms with E-state index in [9.17, 15) is 14.4 Å². The number of nitrogens with zero attached hydrogens (tertiary/aromatic N) is 2. The van der Waals surface area contributed by atoms with E-state index in [-0.39, 0.29) is 23.8 Å². The van der Waals surface area contributed by atoms with Crippen LogP contribution in [-0.2, 0) is 14.4 Å². The molecule has 3 heterocycles. The molecule has 3 aliphatic heterocycles. The van der Waals surface area contributed by atoms with Crippen LogP contribution in [0.1, 0.15) is 0 Å². The van der Waals surface area contributed by atoms with Gasteiger partial charge in [0.2, 0.25) is 17.7 Å². The molecule has 0 unspecified atom stereocenters. The van der Waals surface area contributed by atoms with Gasteiger partial charge in [0.05, 0.1) is 36.6 Å². The lowest BCUT2D eigenvalue weighted by Gasteiger charge is -2.44. The summed E-state index contributed by atoms with van der Waals surface area (Å²) in [6.45, 7) is 0. The van der Waals surface area contributed by atoms with Crippen LogP contribution in [0.4, 0.5) is 5.69 Å². The van der Waals surface area contributed by atoms with Crippen molar-refractivity contribution in [3.8, 4) is 5.75 Å². The smallest absolute Gasteiger partial charge is 0.240 e. The number of fused-ring (bicyclic) bond motifs is 1. The van der Waals surface area contributed by atoms with Crippen molar-refractivity contribution >= 4 is 23.4 Å². The Bertz CT molecular complexity index is 739. The number of hydrogen-bond acceptors (Lipinski definition) is 4. The molecule has 1 aromatic rings. The third kappa shape index (κ3) is 1.72. The van der Waals surface area contributed by atoms with Crippen LogP contribution in [0.3, 0.4) is 0 Å². The summed E-state index contributed by atoms with van der Waals surface area (Å²) in [6, 6.07) is 6.46. The fraction of sp³-hybridized carbons (Fsp3) is 0.353. The molecule has 2 bridgehead atoms. The molecule has 1 aliphatic carbocycles. The number of likely N-dealkylation sites (N-methyl/N-ethyl adjacent to an activating group) is 1. The van der Waals surface area contributed by atoms with Crippen LogP contribution in [0.5, 0.6) is 5.75 Å². The SMILES string of the molecule is COc1ccc(N2C(=O)[C@@H]3[C@H](C2=O)[C@H]2C=C[C@@H]3N(C)C2=O)cc1. The van der Waals surface area contributed by atoms with Gasteiger partial charge in [0.25, 0.3) is 0 Å². The normalized spacial score (nSPS) is 31.8. The highest BCUT2D eigenvalue weighted by molar-refractivity contribution is 6.24. The predicted molar refractivity (Wildman–Crippen MR) is 81.7 cm³/mol. The number of anilines is 1. The Morgan fingerprint density at radius 1 is 0.913 bits per heavy atom. The van der Waals surface area contributed by atoms with E-state index < -0.39 is 17.8 Å². The van der Waals surface area contributed by atoms with E-state index in [2.05, 4.69) is 0 Å². The Morgan fingerprint density at radius 3 is 2.22 bits per heavy atom. The minimum atomic E-state index is -0.580. The highest BCUT2D eigenvalue weighted by atomic mass is 16.5. The van der Waals surface area contributed by atoms with Crippen molar-refractivity contribution in [3.05, 3.63) is 36.4 Å². The van der Waals surface area contributed by atoms with Crippen LogP contribution in [0, 0.1) is 17.8 Å². The fourth-order valence-corrected chi connectivity index (χ4v) is 3.90. The van der Waals surface area contributed by atoms with E-state index in [4.69, 9.17) is 4.74 Å². The number of carbonyl (C=O) groups excluding carboxylic acids is 3. The van der Waals surface area contributed by atoms with Gasteiger partial charge in [0.15, 0.2) is 0 Å². The van der Waals surface area contributed by atoms with Gasteiger partial charge in [-0.25, -0.2) is 4.90 Å². The zero-order chi connectivity index (χ0) is 16.3. The lowest BCUT2D eigenvalue weighted by Crippen LogP contribution is -2.57. The molecule has 0 aromatic heterocycles. The minimum Gasteiger partial charge on any atom is -0.497 e. The molecule has 6 heteroatoms. The van der Waals surface area contributed by atoms with Gasteiger partial charge in [-0.3, -0.25) is 14.4 Å². The number of hydrogen-bond donors (Lipinski definition) is 0. The van der Waals surface area contributed by atoms with E-state index in [1.54, 1.807) is 49.4 Å². The minimum absolute atomic E-state index is 0.0866. The summed E-state index contributed by atoms with van der Waals surface area (Å²) < 4.78 is 5.10. The topological polar surface area (TPSA) is 66.9 Å². The summed E-state index contributed by atoms with van der Waals surface area (Å²) in [7, 11) is 3.24. The summed E-state index contributed by atoms with van der Waals surface area (Å²) >= 11 is 0. The number of carbonyl (C=O) groups is 3. The lowest BCUT2D eigenvalue weighted by atomic mass is 9.70. The summed E-state index contributed by atoms with van der Waals surface area (Å²) in [6.07, 6.45) is 3.65. The third-order valence-corrected chi connectivity index (χ3v) is 5.08. The number of amides is 3. The second kappa shape index (κ2) is 4.68. The molecule has 4 aliphatic rings. The number of benzene rings is 1. The van der Waals surface area contributed by atoms with Crippen LogP contribution in [0.15, 0.2) is 36.4 Å². The predicted octanol–water partition coefficient (Wildman–Crippen LogP) is 0.827. The van der Waals surface area contributed by atoms with Crippen LogP contribution >= 0.6 is 0 Å². The standard InChI is InChI=1S/C17H16N2O4/c1-18-12-8-7-11(15(18)20)13-14(12)17(22)19(16(13)21)9-3-5-10(23-2)6-4-9/h3-8,11-14H,1-2H3/t11-,12+,13-,14+/m1/s1. The zero-order valence-corrected chi connectivity index (χ0v) is 12.8. The highest BCUT2D eigenvalue weighted by Gasteiger charge is 2.61. The molecule has 6 nitrogen and oxygen atoms in total. The number of ether oxygens (including phenoxy) is 1. The van der Waals surface area contributed by atoms with Crippen LogP contribution in [0.2, 0.25) is 0 Å². The Labute approximate surface area is 133 Å². The highest BCUT2D eigenvalue weighted by Crippen LogP contribution is 2.46. The van der Waals surface area contributed by atoms with Gasteiger partial charge in [0.1, 0.15) is 5.75 Å². The van der Waals surface area contributed by atoms with E-state index in [0.29, 0.717) is 11.4 Å². The van der Waals surface area contributed by atoms with Gasteiger partial charge in [0, 0.05) is 7.05 Å².